The summed E-state index contributed by atoms with van der Waals surface area (Å²) < 4.78 is 0. The molecule has 1 atom stereocenters. The van der Waals surface area contributed by atoms with Crippen LogP contribution in [0, 0.1) is 5.92 Å². The molecule has 1 aliphatic carbocycles. The minimum Gasteiger partial charge on any atom is -0.392 e. The van der Waals surface area contributed by atoms with Gasteiger partial charge in [-0.25, -0.2) is 0 Å². The van der Waals surface area contributed by atoms with E-state index < -0.39 is 0 Å². The van der Waals surface area contributed by atoms with Gasteiger partial charge in [0.2, 0.25) is 0 Å². The largest absolute Gasteiger partial charge is 0.392 e. The fourth-order valence-electron chi connectivity index (χ4n) is 2.25. The van der Waals surface area contributed by atoms with E-state index in [0.717, 1.165) is 6.54 Å². The van der Waals surface area contributed by atoms with Crippen LogP contribution in [-0.4, -0.2) is 24.8 Å². The second kappa shape index (κ2) is 6.39. The molecule has 13 heavy (non-hydrogen) atoms. The molecular weight excluding hydrogens is 162 g/mol. The Balaban J connectivity index is 2.27. The fourth-order valence-corrected chi connectivity index (χ4v) is 2.25. The molecule has 1 saturated carbocycles. The van der Waals surface area contributed by atoms with Crippen molar-refractivity contribution in [3.63, 3.8) is 0 Å². The summed E-state index contributed by atoms with van der Waals surface area (Å²) in [5.41, 5.74) is 0. The molecule has 0 radical (unpaired) electrons. The number of aliphatic hydroxyl groups is 1. The first-order valence-electron chi connectivity index (χ1n) is 5.67. The quantitative estimate of drug-likeness (QED) is 0.704. The second-order valence-corrected chi connectivity index (χ2v) is 4.23. The van der Waals surface area contributed by atoms with Crippen molar-refractivity contribution in [3.8, 4) is 0 Å². The fraction of sp³-hybridized carbons (Fsp3) is 1.00. The van der Waals surface area contributed by atoms with Crippen LogP contribution in [0.1, 0.15) is 44.9 Å². The van der Waals surface area contributed by atoms with Gasteiger partial charge in [-0.1, -0.05) is 32.1 Å². The van der Waals surface area contributed by atoms with Crippen molar-refractivity contribution < 1.29 is 5.11 Å². The Morgan fingerprint density at radius 3 is 2.23 bits per heavy atom. The molecular formula is C11H23NO. The lowest BCUT2D eigenvalue weighted by atomic mass is 9.87. The van der Waals surface area contributed by atoms with Crippen molar-refractivity contribution in [2.75, 3.05) is 13.6 Å². The molecule has 1 unspecified atom stereocenters. The van der Waals surface area contributed by atoms with Gasteiger partial charge in [-0.2, -0.15) is 0 Å². The molecule has 0 aromatic heterocycles. The summed E-state index contributed by atoms with van der Waals surface area (Å²) in [7, 11) is 1.91. The zero-order chi connectivity index (χ0) is 9.52. The number of hydrogen-bond acceptors (Lipinski definition) is 2. The maximum Gasteiger partial charge on any atom is 0.0692 e. The van der Waals surface area contributed by atoms with Gasteiger partial charge in [-0.15, -0.1) is 0 Å². The van der Waals surface area contributed by atoms with Gasteiger partial charge in [0.25, 0.3) is 0 Å². The van der Waals surface area contributed by atoms with Crippen LogP contribution in [0.5, 0.6) is 0 Å². The summed E-state index contributed by atoms with van der Waals surface area (Å²) in [6.45, 7) is 0.755. The zero-order valence-corrected chi connectivity index (χ0v) is 8.76. The summed E-state index contributed by atoms with van der Waals surface area (Å²) in [4.78, 5) is 0. The molecule has 1 aliphatic rings. The average Bonchev–Trinajstić information content (AvgIpc) is 2.03. The first-order chi connectivity index (χ1) is 6.34. The van der Waals surface area contributed by atoms with Gasteiger partial charge in [0, 0.05) is 6.54 Å². The monoisotopic (exact) mass is 185 g/mol. The van der Waals surface area contributed by atoms with Gasteiger partial charge in [-0.3, -0.25) is 0 Å². The molecule has 0 amide bonds. The van der Waals surface area contributed by atoms with E-state index in [2.05, 4.69) is 5.32 Å². The third-order valence-corrected chi connectivity index (χ3v) is 3.11. The molecule has 1 fully saturated rings. The van der Waals surface area contributed by atoms with Crippen molar-refractivity contribution in [2.24, 2.45) is 5.92 Å². The van der Waals surface area contributed by atoms with Crippen LogP contribution in [-0.2, 0) is 0 Å². The highest BCUT2D eigenvalue weighted by molar-refractivity contribution is 4.72. The number of aliphatic hydroxyl groups excluding tert-OH is 1. The predicted octanol–water partition coefficient (Wildman–Crippen LogP) is 1.93. The third kappa shape index (κ3) is 4.10. The predicted molar refractivity (Wildman–Crippen MR) is 55.7 cm³/mol. The van der Waals surface area contributed by atoms with E-state index in [-0.39, 0.29) is 6.10 Å². The molecule has 0 aromatic rings. The number of hydrogen-bond donors (Lipinski definition) is 2. The van der Waals surface area contributed by atoms with Crippen LogP contribution >= 0.6 is 0 Å². The third-order valence-electron chi connectivity index (χ3n) is 3.11. The highest BCUT2D eigenvalue weighted by atomic mass is 16.3. The van der Waals surface area contributed by atoms with Crippen LogP contribution < -0.4 is 5.32 Å². The molecule has 0 aliphatic heterocycles. The Bertz CT molecular complexity index is 119. The lowest BCUT2D eigenvalue weighted by molar-refractivity contribution is 0.0921. The number of likely N-dealkylation sites (N-methyl/N-ethyl adjacent to an activating group) is 1. The van der Waals surface area contributed by atoms with Crippen LogP contribution in [0.4, 0.5) is 0 Å². The van der Waals surface area contributed by atoms with Gasteiger partial charge in [0.1, 0.15) is 0 Å². The van der Waals surface area contributed by atoms with E-state index in [1.54, 1.807) is 0 Å². The second-order valence-electron chi connectivity index (χ2n) is 4.23. The Morgan fingerprint density at radius 2 is 1.69 bits per heavy atom. The van der Waals surface area contributed by atoms with Gasteiger partial charge >= 0.3 is 0 Å². The lowest BCUT2D eigenvalue weighted by Gasteiger charge is -2.24. The Kier molecular flexibility index (Phi) is 5.40. The Morgan fingerprint density at radius 1 is 1.15 bits per heavy atom. The molecule has 0 heterocycles. The van der Waals surface area contributed by atoms with Crippen molar-refractivity contribution >= 4 is 0 Å². The van der Waals surface area contributed by atoms with Crippen molar-refractivity contribution in [2.45, 2.75) is 51.0 Å². The van der Waals surface area contributed by atoms with E-state index in [1.807, 2.05) is 7.05 Å². The standard InChI is InChI=1S/C11H23NO/c1-12-9-11(13)10-7-5-3-2-4-6-8-10/h10-13H,2-9H2,1H3. The van der Waals surface area contributed by atoms with Crippen LogP contribution in [0.3, 0.4) is 0 Å². The maximum absolute atomic E-state index is 9.83. The highest BCUT2D eigenvalue weighted by Gasteiger charge is 2.18. The van der Waals surface area contributed by atoms with Crippen molar-refractivity contribution in [1.29, 1.82) is 0 Å². The number of nitrogens with one attached hydrogen (secondary N) is 1. The first kappa shape index (κ1) is 11.0. The van der Waals surface area contributed by atoms with E-state index >= 15 is 0 Å². The summed E-state index contributed by atoms with van der Waals surface area (Å²) >= 11 is 0. The summed E-state index contributed by atoms with van der Waals surface area (Å²) in [6, 6.07) is 0. The SMILES string of the molecule is CNCC(O)C1CCCCCCC1. The normalized spacial score (nSPS) is 23.5. The van der Waals surface area contributed by atoms with Gasteiger partial charge < -0.3 is 10.4 Å². The topological polar surface area (TPSA) is 32.3 Å². The van der Waals surface area contributed by atoms with Gasteiger partial charge in [-0.05, 0) is 25.8 Å². The van der Waals surface area contributed by atoms with Crippen molar-refractivity contribution in [1.82, 2.24) is 5.32 Å². The number of rotatable bonds is 3. The van der Waals surface area contributed by atoms with E-state index in [9.17, 15) is 5.11 Å². The minimum absolute atomic E-state index is 0.122. The molecule has 0 saturated heterocycles. The minimum atomic E-state index is -0.122. The Hall–Kier alpha value is -0.0800. The van der Waals surface area contributed by atoms with Crippen LogP contribution in [0.25, 0.3) is 0 Å². The van der Waals surface area contributed by atoms with E-state index in [4.69, 9.17) is 0 Å². The van der Waals surface area contributed by atoms with E-state index in [0.29, 0.717) is 5.92 Å². The molecule has 0 aromatic carbocycles. The lowest BCUT2D eigenvalue weighted by Crippen LogP contribution is -2.31. The summed E-state index contributed by atoms with van der Waals surface area (Å²) in [5, 5.41) is 12.9. The van der Waals surface area contributed by atoms with Crippen molar-refractivity contribution in [3.05, 3.63) is 0 Å². The summed E-state index contributed by atoms with van der Waals surface area (Å²) in [6.07, 6.45) is 9.08. The first-order valence-corrected chi connectivity index (χ1v) is 5.67. The van der Waals surface area contributed by atoms with Gasteiger partial charge in [0.05, 0.1) is 6.10 Å². The highest BCUT2D eigenvalue weighted by Crippen LogP contribution is 2.24. The molecule has 0 spiro atoms. The van der Waals surface area contributed by atoms with E-state index in [1.165, 1.54) is 44.9 Å². The average molecular weight is 185 g/mol. The van der Waals surface area contributed by atoms with Gasteiger partial charge in [0.15, 0.2) is 0 Å². The molecule has 78 valence electrons. The van der Waals surface area contributed by atoms with Crippen LogP contribution in [0.15, 0.2) is 0 Å². The van der Waals surface area contributed by atoms with Crippen LogP contribution in [0.2, 0.25) is 0 Å². The zero-order valence-electron chi connectivity index (χ0n) is 8.76. The summed E-state index contributed by atoms with van der Waals surface area (Å²) in [5.74, 6) is 0.549. The molecule has 2 heteroatoms. The molecule has 2 N–H and O–H groups in total. The molecule has 1 rings (SSSR count). The Labute approximate surface area is 81.7 Å². The smallest absolute Gasteiger partial charge is 0.0692 e. The maximum atomic E-state index is 9.83. The molecule has 2 nitrogen and oxygen atoms in total. The molecule has 0 bridgehead atoms.